The van der Waals surface area contributed by atoms with Crippen molar-refractivity contribution in [1.29, 1.82) is 0 Å². The van der Waals surface area contributed by atoms with E-state index in [1.807, 2.05) is 47.5 Å². The van der Waals surface area contributed by atoms with E-state index in [1.165, 1.54) is 5.56 Å². The highest BCUT2D eigenvalue weighted by Gasteiger charge is 2.34. The maximum absolute atomic E-state index is 13.0. The van der Waals surface area contributed by atoms with Crippen molar-refractivity contribution in [2.75, 3.05) is 6.54 Å². The van der Waals surface area contributed by atoms with Crippen molar-refractivity contribution in [2.24, 2.45) is 11.7 Å². The van der Waals surface area contributed by atoms with E-state index in [1.54, 1.807) is 0 Å². The third-order valence-corrected chi connectivity index (χ3v) is 5.68. The second-order valence-electron chi connectivity index (χ2n) is 8.58. The molecule has 1 saturated heterocycles. The molecule has 1 aromatic heterocycles. The molecule has 3 rings (SSSR count). The third kappa shape index (κ3) is 5.70. The molecule has 0 radical (unpaired) electrons. The molecule has 0 saturated carbocycles. The number of nitrogens with zero attached hydrogens (tertiary/aromatic N) is 2. The molecule has 5 heteroatoms. The smallest absolute Gasteiger partial charge is 0.240 e. The van der Waals surface area contributed by atoms with E-state index in [4.69, 9.17) is 5.73 Å². The fourth-order valence-electron chi connectivity index (χ4n) is 4.20. The topological polar surface area (TPSA) is 71.2 Å². The number of nitrogens with one attached hydrogen (secondary N) is 1. The first-order valence-electron chi connectivity index (χ1n) is 10.9. The van der Waals surface area contributed by atoms with Crippen LogP contribution in [-0.2, 0) is 11.2 Å². The molecular formula is C25H34N4O. The highest BCUT2D eigenvalue weighted by molar-refractivity contribution is 5.82. The lowest BCUT2D eigenvalue weighted by atomic mass is 9.99. The van der Waals surface area contributed by atoms with Crippen LogP contribution in [-0.4, -0.2) is 34.4 Å². The monoisotopic (exact) mass is 406 g/mol. The lowest BCUT2D eigenvalue weighted by molar-refractivity contribution is -0.133. The van der Waals surface area contributed by atoms with E-state index < -0.39 is 6.04 Å². The molecule has 30 heavy (non-hydrogen) atoms. The van der Waals surface area contributed by atoms with Gasteiger partial charge in [-0.1, -0.05) is 56.8 Å². The Morgan fingerprint density at radius 3 is 2.63 bits per heavy atom. The Bertz CT molecular complexity index is 822. The number of rotatable bonds is 9. The first-order valence-corrected chi connectivity index (χ1v) is 10.9. The van der Waals surface area contributed by atoms with Gasteiger partial charge < -0.3 is 16.0 Å². The van der Waals surface area contributed by atoms with Crippen molar-refractivity contribution in [1.82, 2.24) is 15.2 Å². The minimum atomic E-state index is -0.447. The molecule has 1 aliphatic rings. The molecule has 160 valence electrons. The number of amides is 1. The van der Waals surface area contributed by atoms with E-state index in [2.05, 4.69) is 42.9 Å². The molecule has 2 heterocycles. The van der Waals surface area contributed by atoms with Gasteiger partial charge in [0, 0.05) is 30.6 Å². The van der Waals surface area contributed by atoms with E-state index in [9.17, 15) is 4.79 Å². The number of hydrogen-bond acceptors (Lipinski definition) is 4. The van der Waals surface area contributed by atoms with Crippen LogP contribution in [0.3, 0.4) is 0 Å². The van der Waals surface area contributed by atoms with Gasteiger partial charge in [-0.25, -0.2) is 0 Å². The lowest BCUT2D eigenvalue weighted by Crippen LogP contribution is -2.48. The van der Waals surface area contributed by atoms with E-state index in [0.717, 1.165) is 37.2 Å². The van der Waals surface area contributed by atoms with Crippen LogP contribution >= 0.6 is 0 Å². The Morgan fingerprint density at radius 2 is 1.97 bits per heavy atom. The van der Waals surface area contributed by atoms with Gasteiger partial charge >= 0.3 is 0 Å². The normalized spacial score (nSPS) is 18.3. The van der Waals surface area contributed by atoms with E-state index >= 15 is 0 Å². The molecule has 3 atom stereocenters. The summed E-state index contributed by atoms with van der Waals surface area (Å²) in [5.41, 5.74) is 9.28. The number of aromatic nitrogens is 1. The number of carbonyl (C=O) groups is 1. The van der Waals surface area contributed by atoms with Crippen LogP contribution in [0, 0.1) is 5.92 Å². The zero-order valence-electron chi connectivity index (χ0n) is 18.1. The highest BCUT2D eigenvalue weighted by atomic mass is 16.2. The van der Waals surface area contributed by atoms with Gasteiger partial charge in [-0.3, -0.25) is 9.78 Å². The molecule has 0 spiro atoms. The molecule has 1 fully saturated rings. The van der Waals surface area contributed by atoms with Crippen molar-refractivity contribution in [3.63, 3.8) is 0 Å². The fourth-order valence-corrected chi connectivity index (χ4v) is 4.20. The molecule has 1 aliphatic heterocycles. The van der Waals surface area contributed by atoms with Crippen molar-refractivity contribution in [3.8, 4) is 0 Å². The van der Waals surface area contributed by atoms with Crippen LogP contribution in [0.4, 0.5) is 0 Å². The van der Waals surface area contributed by atoms with Gasteiger partial charge in [0.1, 0.15) is 0 Å². The largest absolute Gasteiger partial charge is 0.380 e. The lowest BCUT2D eigenvalue weighted by Gasteiger charge is -2.32. The summed E-state index contributed by atoms with van der Waals surface area (Å²) in [6.07, 6.45) is 5.16. The second kappa shape index (κ2) is 10.4. The summed E-state index contributed by atoms with van der Waals surface area (Å²) in [5.74, 6) is 0.433. The Balaban J connectivity index is 1.73. The summed E-state index contributed by atoms with van der Waals surface area (Å²) in [5, 5.41) is 3.62. The minimum Gasteiger partial charge on any atom is -0.380 e. The van der Waals surface area contributed by atoms with Gasteiger partial charge in [-0.2, -0.15) is 0 Å². The van der Waals surface area contributed by atoms with E-state index in [-0.39, 0.29) is 18.0 Å². The molecule has 0 aliphatic carbocycles. The van der Waals surface area contributed by atoms with Crippen LogP contribution in [0.25, 0.3) is 0 Å². The SMILES string of the molecule is C=C(N[C@@H](Cc1ccccn1)c1ccccc1)[C@@H]1CCCN1C(=O)[C@@H](N)CC(C)C. The number of carbonyl (C=O) groups excluding carboxylic acids is 1. The quantitative estimate of drug-likeness (QED) is 0.664. The van der Waals surface area contributed by atoms with Gasteiger partial charge in [-0.05, 0) is 42.9 Å². The molecule has 5 nitrogen and oxygen atoms in total. The Kier molecular flexibility index (Phi) is 7.63. The van der Waals surface area contributed by atoms with Gasteiger partial charge in [0.15, 0.2) is 0 Å². The Morgan fingerprint density at radius 1 is 1.23 bits per heavy atom. The molecular weight excluding hydrogens is 372 g/mol. The Labute approximate surface area is 180 Å². The zero-order chi connectivity index (χ0) is 21.5. The van der Waals surface area contributed by atoms with Crippen molar-refractivity contribution in [3.05, 3.63) is 78.3 Å². The number of nitrogens with two attached hydrogens (primary N) is 1. The molecule has 3 N–H and O–H groups in total. The number of benzene rings is 1. The first kappa shape index (κ1) is 22.0. The summed E-state index contributed by atoms with van der Waals surface area (Å²) in [6.45, 7) is 9.26. The maximum Gasteiger partial charge on any atom is 0.240 e. The molecule has 1 amide bonds. The van der Waals surface area contributed by atoms with Crippen LogP contribution < -0.4 is 11.1 Å². The predicted octanol–water partition coefficient (Wildman–Crippen LogP) is 3.83. The summed E-state index contributed by atoms with van der Waals surface area (Å²) in [6, 6.07) is 15.9. The maximum atomic E-state index is 13.0. The molecule has 0 bridgehead atoms. The minimum absolute atomic E-state index is 0.0225. The van der Waals surface area contributed by atoms with Crippen LogP contribution in [0.1, 0.15) is 50.4 Å². The summed E-state index contributed by atoms with van der Waals surface area (Å²) >= 11 is 0. The summed E-state index contributed by atoms with van der Waals surface area (Å²) in [4.78, 5) is 19.4. The van der Waals surface area contributed by atoms with Crippen LogP contribution in [0.2, 0.25) is 0 Å². The molecule has 0 unspecified atom stereocenters. The fraction of sp³-hybridized carbons (Fsp3) is 0.440. The van der Waals surface area contributed by atoms with Crippen molar-refractivity contribution in [2.45, 2.75) is 57.7 Å². The summed E-state index contributed by atoms with van der Waals surface area (Å²) < 4.78 is 0. The summed E-state index contributed by atoms with van der Waals surface area (Å²) in [7, 11) is 0. The van der Waals surface area contributed by atoms with Gasteiger partial charge in [0.25, 0.3) is 0 Å². The average Bonchev–Trinajstić information content (AvgIpc) is 3.23. The highest BCUT2D eigenvalue weighted by Crippen LogP contribution is 2.26. The number of likely N-dealkylation sites (tertiary alicyclic amines) is 1. The van der Waals surface area contributed by atoms with Crippen molar-refractivity contribution >= 4 is 5.91 Å². The number of hydrogen-bond donors (Lipinski definition) is 2. The van der Waals surface area contributed by atoms with E-state index in [0.29, 0.717) is 12.3 Å². The molecule has 2 aromatic rings. The van der Waals surface area contributed by atoms with Crippen LogP contribution in [0.15, 0.2) is 67.0 Å². The Hall–Kier alpha value is -2.66. The van der Waals surface area contributed by atoms with Crippen molar-refractivity contribution < 1.29 is 4.79 Å². The van der Waals surface area contributed by atoms with Gasteiger partial charge in [0.2, 0.25) is 5.91 Å². The van der Waals surface area contributed by atoms with Gasteiger partial charge in [-0.15, -0.1) is 0 Å². The molecule has 1 aromatic carbocycles. The first-order chi connectivity index (χ1) is 14.5. The van der Waals surface area contributed by atoms with Gasteiger partial charge in [0.05, 0.1) is 18.1 Å². The zero-order valence-corrected chi connectivity index (χ0v) is 18.1. The predicted molar refractivity (Wildman–Crippen MR) is 122 cm³/mol. The number of pyridine rings is 1. The van der Waals surface area contributed by atoms with Crippen LogP contribution in [0.5, 0.6) is 0 Å². The third-order valence-electron chi connectivity index (χ3n) is 5.68. The second-order valence-corrected chi connectivity index (χ2v) is 8.58. The standard InChI is InChI=1S/C25H34N4O/c1-18(2)16-22(26)25(30)29-15-9-13-24(29)19(3)28-23(20-10-5-4-6-11-20)17-21-12-7-8-14-27-21/h4-8,10-12,14,18,22-24,28H,3,9,13,15-17,26H2,1-2H3/t22-,23-,24-/m0/s1. The average molecular weight is 407 g/mol.